The molecule has 0 amide bonds. The lowest BCUT2D eigenvalue weighted by Gasteiger charge is -2.21. The lowest BCUT2D eigenvalue weighted by atomic mass is 9.95. The summed E-state index contributed by atoms with van der Waals surface area (Å²) in [7, 11) is -0.393. The van der Waals surface area contributed by atoms with Gasteiger partial charge in [0.1, 0.15) is 66.3 Å². The third-order valence-corrected chi connectivity index (χ3v) is 26.2. The average molecular weight is 1410 g/mol. The molecule has 0 aliphatic rings. The Morgan fingerprint density at radius 3 is 1.00 bits per heavy atom. The zero-order chi connectivity index (χ0) is 83.1. The van der Waals surface area contributed by atoms with Crippen molar-refractivity contribution in [2.75, 3.05) is 0 Å². The number of nitrogens with zero attached hydrogens (tertiary/aromatic N) is 3. The molecule has 0 spiro atoms. The highest BCUT2D eigenvalue weighted by atomic mass is 28.3. The minimum absolute atomic E-state index is 0.178. The zero-order valence-electron chi connectivity index (χ0n) is 74.5. The van der Waals surface area contributed by atoms with Gasteiger partial charge in [-0.2, -0.15) is 13.7 Å². The van der Waals surface area contributed by atoms with E-state index < -0.39 is 61.4 Å². The number of hydrogen-bond acceptors (Lipinski definition) is 3. The Morgan fingerprint density at radius 2 is 0.673 bits per heavy atom. The summed E-state index contributed by atoms with van der Waals surface area (Å²) in [6, 6.07) is 41.6. The smallest absolute Gasteiger partial charge is 0.216 e. The van der Waals surface area contributed by atoms with E-state index in [0.29, 0.717) is 96.0 Å². The van der Waals surface area contributed by atoms with Gasteiger partial charge in [-0.3, -0.25) is 0 Å². The lowest BCUT2D eigenvalue weighted by molar-refractivity contribution is -0.633. The largest absolute Gasteiger partial charge is 0.455 e. The number of benzene rings is 9. The molecule has 101 heavy (non-hydrogen) atoms. The van der Waals surface area contributed by atoms with E-state index in [1.807, 2.05) is 139 Å². The van der Waals surface area contributed by atoms with Gasteiger partial charge in [-0.15, -0.1) is 0 Å². The molecule has 15 rings (SSSR count). The molecule has 0 saturated heterocycles. The quantitative estimate of drug-likeness (QED) is 0.107. The summed E-state index contributed by atoms with van der Waals surface area (Å²) in [6.45, 7) is 34.3. The Bertz CT molecular complexity index is 6510. The summed E-state index contributed by atoms with van der Waals surface area (Å²) < 4.78 is 158. The molecule has 6 aromatic heterocycles. The number of hydrogen-bond donors (Lipinski definition) is 0. The molecule has 6 nitrogen and oxygen atoms in total. The predicted molar refractivity (Wildman–Crippen MR) is 433 cm³/mol. The summed E-state index contributed by atoms with van der Waals surface area (Å²) in [6.07, 6.45) is 0. The van der Waals surface area contributed by atoms with E-state index in [1.165, 1.54) is 24.3 Å². The second-order valence-corrected chi connectivity index (χ2v) is 46.4. The van der Waals surface area contributed by atoms with Crippen LogP contribution in [0.1, 0.15) is 126 Å². The van der Waals surface area contributed by atoms with Crippen molar-refractivity contribution < 1.29 is 52.2 Å². The van der Waals surface area contributed by atoms with Crippen molar-refractivity contribution in [1.82, 2.24) is 0 Å². The van der Waals surface area contributed by atoms with Gasteiger partial charge in [-0.05, 0) is 191 Å². The normalized spacial score (nSPS) is 14.8. The number of aryl methyl sites for hydroxylation is 6. The van der Waals surface area contributed by atoms with Crippen molar-refractivity contribution in [3.8, 4) is 33.8 Å². The fourth-order valence-corrected chi connectivity index (χ4v) is 19.1. The first-order valence-corrected chi connectivity index (χ1v) is 45.3. The van der Waals surface area contributed by atoms with Crippen LogP contribution in [0.2, 0.25) is 58.9 Å². The summed E-state index contributed by atoms with van der Waals surface area (Å²) in [5.41, 5.74) is 16.7. The molecule has 0 fully saturated rings. The first kappa shape index (κ1) is 56.7. The van der Waals surface area contributed by atoms with Crippen LogP contribution in [0.25, 0.3) is 132 Å². The van der Waals surface area contributed by atoms with Crippen molar-refractivity contribution in [3.63, 3.8) is 0 Å². The van der Waals surface area contributed by atoms with Crippen LogP contribution < -0.4 is 29.3 Å². The van der Waals surface area contributed by atoms with Crippen LogP contribution in [-0.4, -0.2) is 24.2 Å². The number of para-hydroxylation sites is 1. The van der Waals surface area contributed by atoms with Crippen LogP contribution in [0.5, 0.6) is 0 Å². The molecular weight excluding hydrogens is 1290 g/mol. The molecule has 0 aliphatic carbocycles. The van der Waals surface area contributed by atoms with Crippen LogP contribution in [0.3, 0.4) is 0 Å². The Kier molecular flexibility index (Phi) is 14.5. The first-order chi connectivity index (χ1) is 52.1. The summed E-state index contributed by atoms with van der Waals surface area (Å²) in [5, 5.41) is 10.6. The number of fused-ring (bicyclic) bond motifs is 12. The molecule has 0 radical (unpaired) electrons. The van der Waals surface area contributed by atoms with Crippen molar-refractivity contribution in [2.24, 2.45) is 21.1 Å². The van der Waals surface area contributed by atoms with E-state index in [9.17, 15) is 12.9 Å². The highest BCUT2D eigenvalue weighted by Gasteiger charge is 2.34. The fourth-order valence-electron chi connectivity index (χ4n) is 14.6. The molecule has 516 valence electrons. The van der Waals surface area contributed by atoms with Gasteiger partial charge in [-0.1, -0.05) is 137 Å². The standard InChI is InChI=1S/2C30H33FNOSi.C30H34NOSi/c2*1-17(2)20-9-12-25-24(14-20)28(34(6,7)8)16-26(32(25)5)29-19(4)18(3)13-23-22-11-10-21(31)15-27(22)33-30(23)29;1-18(2)21-13-14-25-24(16-21)28(33(6,7)8)17-26(31(25)5)29-20(4)19(3)15-23-22-11-9-10-12-27(22)32-30(23)29/h2*9-17H,1-8H3;9-18H,1-8H3/q3*+1/i3D3,16D,17D;16D,17D;3D3,17D,18D. The molecule has 0 bridgehead atoms. The Balaban J connectivity index is 0.000000148. The van der Waals surface area contributed by atoms with Gasteiger partial charge in [0.05, 0.1) is 45.0 Å². The lowest BCUT2D eigenvalue weighted by Crippen LogP contribution is -2.43. The summed E-state index contributed by atoms with van der Waals surface area (Å²) in [5.74, 6) is -3.07. The van der Waals surface area contributed by atoms with E-state index in [2.05, 4.69) is 102 Å². The van der Waals surface area contributed by atoms with Gasteiger partial charge in [0.2, 0.25) is 33.6 Å². The first-order valence-electron chi connectivity index (χ1n) is 40.8. The third-order valence-electron chi connectivity index (χ3n) is 20.5. The summed E-state index contributed by atoms with van der Waals surface area (Å²) in [4.78, 5) is 0. The van der Waals surface area contributed by atoms with Crippen molar-refractivity contribution in [2.45, 2.75) is 160 Å². The monoisotopic (exact) mass is 1400 g/mol. The minimum atomic E-state index is -2.40. The van der Waals surface area contributed by atoms with E-state index in [0.717, 1.165) is 109 Å². The zero-order valence-corrected chi connectivity index (χ0v) is 65.5. The van der Waals surface area contributed by atoms with E-state index in [1.54, 1.807) is 31.2 Å². The van der Waals surface area contributed by atoms with Crippen LogP contribution in [-0.2, 0) is 21.1 Å². The van der Waals surface area contributed by atoms with Gasteiger partial charge >= 0.3 is 0 Å². The molecule has 9 aromatic carbocycles. The van der Waals surface area contributed by atoms with Crippen molar-refractivity contribution >= 4 is 138 Å². The van der Waals surface area contributed by atoms with E-state index >= 15 is 0 Å². The van der Waals surface area contributed by atoms with E-state index in [-0.39, 0.29) is 16.9 Å². The molecule has 6 heterocycles. The maximum atomic E-state index is 14.1. The SMILES string of the molecule is [2H]c1c([Si](C)(C)C)c2cc(C([2H])(C)C)ccc2[n+](C)c1-c1c(C)c(C([2H])([2H])[2H])cc2c1oc1cc(F)ccc12.[2H]c1c([Si](C)(C)C)c2cc(C([2H])(C)C)ccc2[n+](C)c1-c1c(C)c(C([2H])([2H])[2H])cc2c1oc1ccccc12.[2H]c1c([Si](C)(C)C)c2cc(C([2H])(C)C)ccc2[n+](C)c1-c1c(C)c(C)cc2c1oc1cc(F)ccc12. The highest BCUT2D eigenvalue weighted by Crippen LogP contribution is 2.43. The molecule has 11 heteroatoms. The molecule has 0 unspecified atom stereocenters. The molecule has 0 saturated carbocycles. The van der Waals surface area contributed by atoms with Gasteiger partial charge in [0.15, 0.2) is 0 Å². The van der Waals surface area contributed by atoms with Crippen LogP contribution in [0.15, 0.2) is 165 Å². The fraction of sp³-hybridized carbons (Fsp3) is 0.300. The number of rotatable bonds is 9. The number of halogens is 2. The second-order valence-electron chi connectivity index (χ2n) is 31.4. The Morgan fingerprint density at radius 1 is 0.366 bits per heavy atom. The molecule has 0 aliphatic heterocycles. The topological polar surface area (TPSA) is 51.1 Å². The summed E-state index contributed by atoms with van der Waals surface area (Å²) >= 11 is 0. The maximum absolute atomic E-state index is 14.1. The van der Waals surface area contributed by atoms with Gasteiger partial charge in [0, 0.05) is 109 Å². The Labute approximate surface area is 615 Å². The van der Waals surface area contributed by atoms with E-state index in [4.69, 9.17) is 25.6 Å². The van der Waals surface area contributed by atoms with Gasteiger partial charge < -0.3 is 13.3 Å². The molecular formula is C90H100F2N3O3Si3+3. The van der Waals surface area contributed by atoms with Crippen LogP contribution >= 0.6 is 0 Å². The second kappa shape index (κ2) is 25.9. The van der Waals surface area contributed by atoms with Crippen LogP contribution in [0.4, 0.5) is 8.78 Å². The van der Waals surface area contributed by atoms with Gasteiger partial charge in [-0.25, -0.2) is 8.78 Å². The third kappa shape index (κ3) is 12.4. The van der Waals surface area contributed by atoms with Crippen LogP contribution in [0, 0.1) is 53.0 Å². The molecule has 15 aromatic rings. The molecule has 0 atom stereocenters. The van der Waals surface area contributed by atoms with Crippen molar-refractivity contribution in [1.29, 1.82) is 0 Å². The maximum Gasteiger partial charge on any atom is 0.216 e. The minimum Gasteiger partial charge on any atom is -0.455 e. The predicted octanol–water partition coefficient (Wildman–Crippen LogP) is 22.8. The average Bonchev–Trinajstić information content (AvgIpc) is 1.71. The highest BCUT2D eigenvalue weighted by molar-refractivity contribution is 6.91. The van der Waals surface area contributed by atoms with Crippen molar-refractivity contribution in [3.05, 3.63) is 213 Å². The molecule has 0 N–H and O–H groups in total. The number of pyridine rings is 3. The number of aromatic nitrogens is 3. The van der Waals surface area contributed by atoms with Gasteiger partial charge in [0.25, 0.3) is 0 Å². The number of furan rings is 3. The Hall–Kier alpha value is -8.88.